The average molecular weight is 247 g/mol. The number of likely N-dealkylation sites (N-methyl/N-ethyl adjacent to an activating group) is 1. The highest BCUT2D eigenvalue weighted by molar-refractivity contribution is 5.29. The van der Waals surface area contributed by atoms with Crippen molar-refractivity contribution in [2.24, 2.45) is 0 Å². The Balaban J connectivity index is 2.00. The highest BCUT2D eigenvalue weighted by Gasteiger charge is 2.20. The van der Waals surface area contributed by atoms with Gasteiger partial charge in [0.2, 0.25) is 0 Å². The zero-order valence-electron chi connectivity index (χ0n) is 11.6. The maximum Gasteiger partial charge on any atom is 0.0661 e. The van der Waals surface area contributed by atoms with Gasteiger partial charge in [-0.05, 0) is 43.4 Å². The van der Waals surface area contributed by atoms with Crippen LogP contribution in [0.4, 0.5) is 0 Å². The molecule has 1 unspecified atom stereocenters. The first-order valence-electron chi connectivity index (χ1n) is 7.20. The zero-order chi connectivity index (χ0) is 12.8. The minimum Gasteiger partial charge on any atom is -0.379 e. The molecule has 0 spiro atoms. The lowest BCUT2D eigenvalue weighted by Crippen LogP contribution is -2.22. The molecule has 0 aliphatic heterocycles. The molecule has 1 N–H and O–H groups in total. The summed E-state index contributed by atoms with van der Waals surface area (Å²) in [5.74, 6) is 0.805. The second-order valence-electron chi connectivity index (χ2n) is 5.21. The van der Waals surface area contributed by atoms with Gasteiger partial charge in [0.1, 0.15) is 0 Å². The van der Waals surface area contributed by atoms with Crippen molar-refractivity contribution in [3.8, 4) is 0 Å². The third-order valence-corrected chi connectivity index (χ3v) is 3.87. The maximum absolute atomic E-state index is 5.67. The van der Waals surface area contributed by atoms with E-state index in [1.165, 1.54) is 30.4 Å². The van der Waals surface area contributed by atoms with E-state index in [0.29, 0.717) is 6.04 Å². The second kappa shape index (κ2) is 6.91. The summed E-state index contributed by atoms with van der Waals surface area (Å²) in [6.45, 7) is 3.75. The fourth-order valence-electron chi connectivity index (χ4n) is 2.46. The van der Waals surface area contributed by atoms with Crippen molar-refractivity contribution in [2.45, 2.75) is 44.6 Å². The first kappa shape index (κ1) is 13.6. The quantitative estimate of drug-likeness (QED) is 0.743. The number of hydrogen-bond acceptors (Lipinski definition) is 2. The number of benzene rings is 1. The predicted octanol–water partition coefficient (Wildman–Crippen LogP) is 3.64. The van der Waals surface area contributed by atoms with E-state index in [1.54, 1.807) is 0 Å². The molecular formula is C16H25NO. The highest BCUT2D eigenvalue weighted by atomic mass is 16.5. The van der Waals surface area contributed by atoms with Crippen LogP contribution in [-0.4, -0.2) is 20.3 Å². The van der Waals surface area contributed by atoms with Gasteiger partial charge in [0, 0.05) is 6.61 Å². The van der Waals surface area contributed by atoms with E-state index in [0.717, 1.165) is 25.6 Å². The smallest absolute Gasteiger partial charge is 0.0661 e. The van der Waals surface area contributed by atoms with Crippen molar-refractivity contribution in [3.63, 3.8) is 0 Å². The number of nitrogens with one attached hydrogen (secondary N) is 1. The molecule has 1 saturated carbocycles. The molecule has 0 saturated heterocycles. The molecule has 1 aromatic rings. The van der Waals surface area contributed by atoms with Gasteiger partial charge in [0.05, 0.1) is 12.6 Å². The lowest BCUT2D eigenvalue weighted by atomic mass is 9.79. The summed E-state index contributed by atoms with van der Waals surface area (Å²) in [5, 5.41) is 3.35. The molecule has 2 rings (SSSR count). The van der Waals surface area contributed by atoms with Gasteiger partial charge < -0.3 is 10.1 Å². The number of hydrogen-bond donors (Lipinski definition) is 1. The highest BCUT2D eigenvalue weighted by Crippen LogP contribution is 2.36. The Hall–Kier alpha value is -0.860. The molecule has 1 aliphatic carbocycles. The largest absolute Gasteiger partial charge is 0.379 e. The Kier molecular flexibility index (Phi) is 5.21. The zero-order valence-corrected chi connectivity index (χ0v) is 11.6. The van der Waals surface area contributed by atoms with E-state index in [4.69, 9.17) is 4.74 Å². The van der Waals surface area contributed by atoms with Crippen LogP contribution >= 0.6 is 0 Å². The van der Waals surface area contributed by atoms with Crippen LogP contribution in [0.2, 0.25) is 0 Å². The van der Waals surface area contributed by atoms with Crippen LogP contribution < -0.4 is 5.32 Å². The van der Waals surface area contributed by atoms with Gasteiger partial charge in [-0.1, -0.05) is 37.6 Å². The van der Waals surface area contributed by atoms with Crippen molar-refractivity contribution in [1.29, 1.82) is 0 Å². The summed E-state index contributed by atoms with van der Waals surface area (Å²) < 4.78 is 5.67. The van der Waals surface area contributed by atoms with Crippen LogP contribution in [0.5, 0.6) is 0 Å². The molecule has 0 bridgehead atoms. The average Bonchev–Trinajstić information content (AvgIpc) is 2.33. The Morgan fingerprint density at radius 2 is 2.22 bits per heavy atom. The van der Waals surface area contributed by atoms with E-state index in [-0.39, 0.29) is 0 Å². The van der Waals surface area contributed by atoms with E-state index < -0.39 is 0 Å². The summed E-state index contributed by atoms with van der Waals surface area (Å²) >= 11 is 0. The Bertz CT molecular complexity index is 360. The van der Waals surface area contributed by atoms with Gasteiger partial charge in [0.15, 0.2) is 0 Å². The summed E-state index contributed by atoms with van der Waals surface area (Å²) in [7, 11) is 2.01. The first-order chi connectivity index (χ1) is 8.85. The SMILES string of the molecule is CCCOCC(NC)c1cccc(C2CCC2)c1. The molecular weight excluding hydrogens is 222 g/mol. The Morgan fingerprint density at radius 3 is 2.83 bits per heavy atom. The Morgan fingerprint density at radius 1 is 1.39 bits per heavy atom. The van der Waals surface area contributed by atoms with Gasteiger partial charge in [-0.3, -0.25) is 0 Å². The Labute approximate surface area is 111 Å². The van der Waals surface area contributed by atoms with E-state index >= 15 is 0 Å². The first-order valence-corrected chi connectivity index (χ1v) is 7.20. The molecule has 0 radical (unpaired) electrons. The summed E-state index contributed by atoms with van der Waals surface area (Å²) in [5.41, 5.74) is 2.87. The fraction of sp³-hybridized carbons (Fsp3) is 0.625. The summed E-state index contributed by atoms with van der Waals surface area (Å²) in [6, 6.07) is 9.34. The molecule has 1 atom stereocenters. The topological polar surface area (TPSA) is 21.3 Å². The molecule has 0 amide bonds. The van der Waals surface area contributed by atoms with Crippen molar-refractivity contribution in [1.82, 2.24) is 5.32 Å². The van der Waals surface area contributed by atoms with Crippen LogP contribution in [0.3, 0.4) is 0 Å². The van der Waals surface area contributed by atoms with Crippen molar-refractivity contribution in [2.75, 3.05) is 20.3 Å². The second-order valence-corrected chi connectivity index (χ2v) is 5.21. The van der Waals surface area contributed by atoms with Crippen LogP contribution in [-0.2, 0) is 4.74 Å². The molecule has 1 fully saturated rings. The van der Waals surface area contributed by atoms with Crippen molar-refractivity contribution < 1.29 is 4.74 Å². The molecule has 0 heterocycles. The van der Waals surface area contributed by atoms with Gasteiger partial charge in [-0.2, -0.15) is 0 Å². The van der Waals surface area contributed by atoms with E-state index in [1.807, 2.05) is 7.05 Å². The van der Waals surface area contributed by atoms with Gasteiger partial charge >= 0.3 is 0 Å². The third kappa shape index (κ3) is 3.33. The lowest BCUT2D eigenvalue weighted by Gasteiger charge is -2.27. The number of rotatable bonds is 7. The normalized spacial score (nSPS) is 17.4. The van der Waals surface area contributed by atoms with Crippen molar-refractivity contribution >= 4 is 0 Å². The predicted molar refractivity (Wildman–Crippen MR) is 75.9 cm³/mol. The van der Waals surface area contributed by atoms with Gasteiger partial charge in [-0.15, -0.1) is 0 Å². The van der Waals surface area contributed by atoms with Crippen LogP contribution in [0.15, 0.2) is 24.3 Å². The van der Waals surface area contributed by atoms with Gasteiger partial charge in [-0.25, -0.2) is 0 Å². The van der Waals surface area contributed by atoms with Crippen molar-refractivity contribution in [3.05, 3.63) is 35.4 Å². The minimum absolute atomic E-state index is 0.316. The summed E-state index contributed by atoms with van der Waals surface area (Å²) in [4.78, 5) is 0. The lowest BCUT2D eigenvalue weighted by molar-refractivity contribution is 0.114. The van der Waals surface area contributed by atoms with E-state index in [9.17, 15) is 0 Å². The third-order valence-electron chi connectivity index (χ3n) is 3.87. The monoisotopic (exact) mass is 247 g/mol. The molecule has 18 heavy (non-hydrogen) atoms. The molecule has 2 heteroatoms. The fourth-order valence-corrected chi connectivity index (χ4v) is 2.46. The standard InChI is InChI=1S/C16H25NO/c1-3-10-18-12-16(17-2)15-9-5-8-14(11-15)13-6-4-7-13/h5,8-9,11,13,16-17H,3-4,6-7,10,12H2,1-2H3. The van der Waals surface area contributed by atoms with Gasteiger partial charge in [0.25, 0.3) is 0 Å². The molecule has 100 valence electrons. The molecule has 2 nitrogen and oxygen atoms in total. The van der Waals surface area contributed by atoms with Crippen LogP contribution in [0.1, 0.15) is 55.7 Å². The maximum atomic E-state index is 5.67. The molecule has 0 aromatic heterocycles. The van der Waals surface area contributed by atoms with Crippen LogP contribution in [0, 0.1) is 0 Å². The van der Waals surface area contributed by atoms with Crippen LogP contribution in [0.25, 0.3) is 0 Å². The summed E-state index contributed by atoms with van der Waals surface area (Å²) in [6.07, 6.45) is 5.20. The van der Waals surface area contributed by atoms with E-state index in [2.05, 4.69) is 36.5 Å². The number of ether oxygens (including phenoxy) is 1. The molecule has 1 aliphatic rings. The minimum atomic E-state index is 0.316. The molecule has 1 aromatic carbocycles.